The number of benzene rings is 1. The lowest BCUT2D eigenvalue weighted by atomic mass is 10.2. The Labute approximate surface area is 153 Å². The lowest BCUT2D eigenvalue weighted by molar-refractivity contribution is -0.117. The molecule has 0 spiro atoms. The molecule has 2 aromatic rings. The van der Waals surface area contributed by atoms with Crippen molar-refractivity contribution in [2.75, 3.05) is 44.6 Å². The number of nitrogens with one attached hydrogen (secondary N) is 1. The summed E-state index contributed by atoms with van der Waals surface area (Å²) in [5.74, 6) is 0.859. The lowest BCUT2D eigenvalue weighted by Gasteiger charge is -2.34. The van der Waals surface area contributed by atoms with Crippen molar-refractivity contribution in [1.82, 2.24) is 9.80 Å². The van der Waals surface area contributed by atoms with Gasteiger partial charge in [0.05, 0.1) is 13.2 Å². The van der Waals surface area contributed by atoms with Gasteiger partial charge in [-0.25, -0.2) is 0 Å². The smallest absolute Gasteiger partial charge is 0.238 e. The molecule has 1 aromatic carbocycles. The third-order valence-electron chi connectivity index (χ3n) is 4.27. The van der Waals surface area contributed by atoms with Gasteiger partial charge in [-0.3, -0.25) is 14.6 Å². The Bertz CT molecular complexity index is 650. The van der Waals surface area contributed by atoms with Crippen LogP contribution in [0.4, 0.5) is 5.69 Å². The van der Waals surface area contributed by atoms with Crippen LogP contribution < -0.4 is 10.1 Å². The van der Waals surface area contributed by atoms with E-state index in [4.69, 9.17) is 4.74 Å². The lowest BCUT2D eigenvalue weighted by Crippen LogP contribution is -2.48. The fourth-order valence-corrected chi connectivity index (χ4v) is 3.61. The summed E-state index contributed by atoms with van der Waals surface area (Å²) in [6.45, 7) is 7.93. The van der Waals surface area contributed by atoms with Crippen molar-refractivity contribution >= 4 is 22.9 Å². The monoisotopic (exact) mass is 359 g/mol. The minimum Gasteiger partial charge on any atom is -0.494 e. The summed E-state index contributed by atoms with van der Waals surface area (Å²) in [5.41, 5.74) is 2.19. The zero-order valence-corrected chi connectivity index (χ0v) is 15.4. The maximum absolute atomic E-state index is 12.2. The summed E-state index contributed by atoms with van der Waals surface area (Å²) in [6.07, 6.45) is 0. The molecule has 0 aliphatic carbocycles. The molecule has 1 aliphatic rings. The van der Waals surface area contributed by atoms with E-state index in [2.05, 4.69) is 31.9 Å². The first-order chi connectivity index (χ1) is 12.2. The number of nitrogens with zero attached hydrogens (tertiary/aromatic N) is 2. The van der Waals surface area contributed by atoms with E-state index >= 15 is 0 Å². The van der Waals surface area contributed by atoms with Crippen molar-refractivity contribution in [1.29, 1.82) is 0 Å². The molecule has 6 heteroatoms. The van der Waals surface area contributed by atoms with Crippen LogP contribution in [-0.4, -0.2) is 55.0 Å². The predicted octanol–water partition coefficient (Wildman–Crippen LogP) is 2.90. The number of hydrogen-bond acceptors (Lipinski definition) is 5. The minimum absolute atomic E-state index is 0.0374. The predicted molar refractivity (Wildman–Crippen MR) is 102 cm³/mol. The second kappa shape index (κ2) is 8.99. The Morgan fingerprint density at radius 3 is 2.48 bits per heavy atom. The largest absolute Gasteiger partial charge is 0.494 e. The van der Waals surface area contributed by atoms with Crippen molar-refractivity contribution in [2.45, 2.75) is 13.5 Å². The summed E-state index contributed by atoms with van der Waals surface area (Å²) >= 11 is 1.74. The van der Waals surface area contributed by atoms with E-state index < -0.39 is 0 Å². The number of hydrogen-bond donors (Lipinski definition) is 1. The summed E-state index contributed by atoms with van der Waals surface area (Å²) in [7, 11) is 0. The molecule has 0 saturated carbocycles. The van der Waals surface area contributed by atoms with Gasteiger partial charge in [0.2, 0.25) is 5.91 Å². The third kappa shape index (κ3) is 5.56. The van der Waals surface area contributed by atoms with Crippen LogP contribution in [0, 0.1) is 0 Å². The number of thiophene rings is 1. The molecular formula is C19H25N3O2S. The molecule has 134 valence electrons. The van der Waals surface area contributed by atoms with Crippen molar-refractivity contribution < 1.29 is 9.53 Å². The van der Waals surface area contributed by atoms with Crippen LogP contribution in [0.25, 0.3) is 0 Å². The van der Waals surface area contributed by atoms with Gasteiger partial charge >= 0.3 is 0 Å². The van der Waals surface area contributed by atoms with Gasteiger partial charge in [0.1, 0.15) is 5.75 Å². The number of piperazine rings is 1. The van der Waals surface area contributed by atoms with Gasteiger partial charge in [-0.05, 0) is 53.6 Å². The van der Waals surface area contributed by atoms with Gasteiger partial charge in [0, 0.05) is 38.4 Å². The second-order valence-corrected chi connectivity index (χ2v) is 6.97. The molecule has 5 nitrogen and oxygen atoms in total. The fourth-order valence-electron chi connectivity index (χ4n) is 2.95. The highest BCUT2D eigenvalue weighted by atomic mass is 32.1. The Kier molecular flexibility index (Phi) is 6.44. The molecule has 2 heterocycles. The molecule has 25 heavy (non-hydrogen) atoms. The topological polar surface area (TPSA) is 44.8 Å². The molecule has 1 fully saturated rings. The van der Waals surface area contributed by atoms with E-state index in [1.807, 2.05) is 31.2 Å². The van der Waals surface area contributed by atoms with Crippen LogP contribution in [0.1, 0.15) is 12.5 Å². The van der Waals surface area contributed by atoms with E-state index in [1.54, 1.807) is 11.3 Å². The summed E-state index contributed by atoms with van der Waals surface area (Å²) in [5, 5.41) is 7.28. The highest BCUT2D eigenvalue weighted by Crippen LogP contribution is 2.16. The van der Waals surface area contributed by atoms with Crippen LogP contribution in [0.5, 0.6) is 5.75 Å². The zero-order valence-electron chi connectivity index (χ0n) is 14.6. The molecular weight excluding hydrogens is 334 g/mol. The summed E-state index contributed by atoms with van der Waals surface area (Å²) < 4.78 is 5.41. The number of rotatable bonds is 7. The second-order valence-electron chi connectivity index (χ2n) is 6.19. The number of amides is 1. The molecule has 1 aliphatic heterocycles. The maximum atomic E-state index is 12.2. The first-order valence-electron chi connectivity index (χ1n) is 8.71. The van der Waals surface area contributed by atoms with E-state index in [-0.39, 0.29) is 5.91 Å². The minimum atomic E-state index is 0.0374. The first kappa shape index (κ1) is 17.9. The molecule has 1 saturated heterocycles. The molecule has 3 rings (SSSR count). The van der Waals surface area contributed by atoms with E-state index in [1.165, 1.54) is 5.56 Å². The van der Waals surface area contributed by atoms with Crippen LogP contribution in [0.3, 0.4) is 0 Å². The van der Waals surface area contributed by atoms with Crippen LogP contribution >= 0.6 is 11.3 Å². The summed E-state index contributed by atoms with van der Waals surface area (Å²) in [6, 6.07) is 9.69. The molecule has 0 atom stereocenters. The van der Waals surface area contributed by atoms with Gasteiger partial charge < -0.3 is 10.1 Å². The standard InChI is InChI=1S/C19H25N3O2S/c1-2-24-18-5-3-17(4-6-18)20-19(23)14-22-10-8-21(9-11-22)13-16-7-12-25-15-16/h3-7,12,15H,2,8-11,13-14H2,1H3,(H,20,23). The van der Waals surface area contributed by atoms with E-state index in [0.717, 1.165) is 44.2 Å². The SMILES string of the molecule is CCOc1ccc(NC(=O)CN2CCN(Cc3ccsc3)CC2)cc1. The maximum Gasteiger partial charge on any atom is 0.238 e. The molecule has 0 unspecified atom stereocenters. The highest BCUT2D eigenvalue weighted by Gasteiger charge is 2.19. The fraction of sp³-hybridized carbons (Fsp3) is 0.421. The average molecular weight is 359 g/mol. The van der Waals surface area contributed by atoms with Crippen molar-refractivity contribution in [3.8, 4) is 5.75 Å². The Morgan fingerprint density at radius 1 is 1.12 bits per heavy atom. The van der Waals surface area contributed by atoms with Crippen molar-refractivity contribution in [3.63, 3.8) is 0 Å². The van der Waals surface area contributed by atoms with Gasteiger partial charge in [0.15, 0.2) is 0 Å². The molecule has 1 N–H and O–H groups in total. The van der Waals surface area contributed by atoms with E-state index in [9.17, 15) is 4.79 Å². The molecule has 1 aromatic heterocycles. The highest BCUT2D eigenvalue weighted by molar-refractivity contribution is 7.07. The van der Waals surface area contributed by atoms with E-state index in [0.29, 0.717) is 13.2 Å². The first-order valence-corrected chi connectivity index (χ1v) is 9.65. The van der Waals surface area contributed by atoms with Crippen molar-refractivity contribution in [2.24, 2.45) is 0 Å². The van der Waals surface area contributed by atoms with Gasteiger partial charge in [0.25, 0.3) is 0 Å². The van der Waals surface area contributed by atoms with Crippen LogP contribution in [0.15, 0.2) is 41.1 Å². The van der Waals surface area contributed by atoms with Gasteiger partial charge in [-0.2, -0.15) is 11.3 Å². The van der Waals surface area contributed by atoms with Crippen LogP contribution in [-0.2, 0) is 11.3 Å². The average Bonchev–Trinajstić information content (AvgIpc) is 3.12. The number of anilines is 1. The van der Waals surface area contributed by atoms with Crippen LogP contribution in [0.2, 0.25) is 0 Å². The number of ether oxygens (including phenoxy) is 1. The normalized spacial score (nSPS) is 15.9. The van der Waals surface area contributed by atoms with Crippen molar-refractivity contribution in [3.05, 3.63) is 46.7 Å². The zero-order chi connectivity index (χ0) is 17.5. The molecule has 0 radical (unpaired) electrons. The third-order valence-corrected chi connectivity index (χ3v) is 5.00. The number of carbonyl (C=O) groups is 1. The molecule has 1 amide bonds. The molecule has 0 bridgehead atoms. The Morgan fingerprint density at radius 2 is 1.84 bits per heavy atom. The van der Waals surface area contributed by atoms with Gasteiger partial charge in [-0.15, -0.1) is 0 Å². The number of carbonyl (C=O) groups excluding carboxylic acids is 1. The quantitative estimate of drug-likeness (QED) is 0.826. The van der Waals surface area contributed by atoms with Gasteiger partial charge in [-0.1, -0.05) is 0 Å². The Hall–Kier alpha value is -1.89. The Balaban J connectivity index is 1.40. The summed E-state index contributed by atoms with van der Waals surface area (Å²) in [4.78, 5) is 16.9.